The number of anilines is 2. The zero-order valence-electron chi connectivity index (χ0n) is 14.5. The van der Waals surface area contributed by atoms with Crippen LogP contribution in [0.4, 0.5) is 16.2 Å². The number of benzene rings is 2. The number of ether oxygens (including phenoxy) is 1. The minimum Gasteiger partial charge on any atom is -0.495 e. The van der Waals surface area contributed by atoms with E-state index >= 15 is 0 Å². The molecule has 0 aromatic heterocycles. The maximum atomic E-state index is 12.4. The zero-order chi connectivity index (χ0) is 17.8. The number of aryl methyl sites for hydroxylation is 1. The van der Waals surface area contributed by atoms with Crippen molar-refractivity contribution in [2.75, 3.05) is 43.5 Å². The summed E-state index contributed by atoms with van der Waals surface area (Å²) in [4.78, 5) is 16.4. The quantitative estimate of drug-likeness (QED) is 0.900. The van der Waals surface area contributed by atoms with E-state index in [9.17, 15) is 4.79 Å². The lowest BCUT2D eigenvalue weighted by Gasteiger charge is -2.36. The summed E-state index contributed by atoms with van der Waals surface area (Å²) in [7, 11) is 1.60. The molecule has 1 fully saturated rings. The van der Waals surface area contributed by atoms with Crippen LogP contribution >= 0.6 is 11.6 Å². The second-order valence-corrected chi connectivity index (χ2v) is 6.50. The lowest BCUT2D eigenvalue weighted by Crippen LogP contribution is -2.50. The number of nitrogens with zero attached hydrogens (tertiary/aromatic N) is 2. The number of urea groups is 1. The SMILES string of the molecule is COc1ccc(N2CCN(C(=O)Nc3ccc(C)cc3)CC2)cc1Cl. The molecule has 1 aliphatic heterocycles. The van der Waals surface area contributed by atoms with Gasteiger partial charge in [-0.15, -0.1) is 0 Å². The molecule has 2 aromatic rings. The first-order valence-electron chi connectivity index (χ1n) is 8.28. The summed E-state index contributed by atoms with van der Waals surface area (Å²) in [6.45, 7) is 4.90. The number of amides is 2. The highest BCUT2D eigenvalue weighted by molar-refractivity contribution is 6.32. The number of nitrogens with one attached hydrogen (secondary N) is 1. The smallest absolute Gasteiger partial charge is 0.321 e. The minimum absolute atomic E-state index is 0.0590. The molecule has 2 aromatic carbocycles. The average Bonchev–Trinajstić information content (AvgIpc) is 2.63. The van der Waals surface area contributed by atoms with Gasteiger partial charge in [0.05, 0.1) is 12.1 Å². The highest BCUT2D eigenvalue weighted by atomic mass is 35.5. The Bertz CT molecular complexity index is 741. The second kappa shape index (κ2) is 7.66. The maximum Gasteiger partial charge on any atom is 0.321 e. The van der Waals surface area contributed by atoms with Gasteiger partial charge >= 0.3 is 6.03 Å². The van der Waals surface area contributed by atoms with Crippen molar-refractivity contribution in [2.45, 2.75) is 6.92 Å². The Labute approximate surface area is 153 Å². The Morgan fingerprint density at radius 3 is 2.36 bits per heavy atom. The molecule has 0 spiro atoms. The molecule has 3 rings (SSSR count). The van der Waals surface area contributed by atoms with E-state index in [4.69, 9.17) is 16.3 Å². The van der Waals surface area contributed by atoms with E-state index in [2.05, 4.69) is 10.2 Å². The number of rotatable bonds is 3. The molecule has 0 saturated carbocycles. The van der Waals surface area contributed by atoms with E-state index < -0.39 is 0 Å². The van der Waals surface area contributed by atoms with Gasteiger partial charge < -0.3 is 19.9 Å². The second-order valence-electron chi connectivity index (χ2n) is 6.09. The fourth-order valence-corrected chi connectivity index (χ4v) is 3.11. The van der Waals surface area contributed by atoms with Crippen LogP contribution in [0.1, 0.15) is 5.56 Å². The summed E-state index contributed by atoms with van der Waals surface area (Å²) in [5.41, 5.74) is 3.04. The van der Waals surface area contributed by atoms with Crippen LogP contribution in [-0.4, -0.2) is 44.2 Å². The van der Waals surface area contributed by atoms with Crippen LogP contribution in [0.5, 0.6) is 5.75 Å². The van der Waals surface area contributed by atoms with Crippen molar-refractivity contribution in [2.24, 2.45) is 0 Å². The Hall–Kier alpha value is -2.40. The van der Waals surface area contributed by atoms with Gasteiger partial charge in [0.2, 0.25) is 0 Å². The standard InChI is InChI=1S/C19H22ClN3O2/c1-14-3-5-15(6-4-14)21-19(24)23-11-9-22(10-12-23)16-7-8-18(25-2)17(20)13-16/h3-8,13H,9-12H2,1-2H3,(H,21,24). The average molecular weight is 360 g/mol. The molecule has 2 amide bonds. The van der Waals surface area contributed by atoms with E-state index in [0.717, 1.165) is 24.5 Å². The first kappa shape index (κ1) is 17.4. The molecular formula is C19H22ClN3O2. The van der Waals surface area contributed by atoms with E-state index in [1.807, 2.05) is 54.3 Å². The normalized spacial score (nSPS) is 14.4. The van der Waals surface area contributed by atoms with Gasteiger partial charge in [-0.25, -0.2) is 4.79 Å². The van der Waals surface area contributed by atoms with Crippen LogP contribution in [-0.2, 0) is 0 Å². The predicted octanol–water partition coefficient (Wildman–Crippen LogP) is 4.01. The summed E-state index contributed by atoms with van der Waals surface area (Å²) >= 11 is 6.20. The molecule has 25 heavy (non-hydrogen) atoms. The third kappa shape index (κ3) is 4.17. The summed E-state index contributed by atoms with van der Waals surface area (Å²) < 4.78 is 5.19. The van der Waals surface area contributed by atoms with E-state index in [-0.39, 0.29) is 6.03 Å². The highest BCUT2D eigenvalue weighted by Crippen LogP contribution is 2.29. The molecule has 1 saturated heterocycles. The van der Waals surface area contributed by atoms with Gasteiger partial charge in [0.1, 0.15) is 5.75 Å². The molecular weight excluding hydrogens is 338 g/mol. The number of hydrogen-bond acceptors (Lipinski definition) is 3. The Morgan fingerprint density at radius 1 is 1.08 bits per heavy atom. The molecule has 0 bridgehead atoms. The molecule has 1 aliphatic rings. The van der Waals surface area contributed by atoms with E-state index in [1.165, 1.54) is 5.56 Å². The Kier molecular flexibility index (Phi) is 5.34. The van der Waals surface area contributed by atoms with Crippen molar-refractivity contribution in [1.82, 2.24) is 4.90 Å². The number of methoxy groups -OCH3 is 1. The van der Waals surface area contributed by atoms with Crippen molar-refractivity contribution in [3.8, 4) is 5.75 Å². The first-order valence-corrected chi connectivity index (χ1v) is 8.65. The first-order chi connectivity index (χ1) is 12.1. The molecule has 132 valence electrons. The van der Waals surface area contributed by atoms with Gasteiger partial charge in [-0.1, -0.05) is 29.3 Å². The summed E-state index contributed by atoms with van der Waals surface area (Å²) in [5.74, 6) is 0.668. The zero-order valence-corrected chi connectivity index (χ0v) is 15.2. The summed E-state index contributed by atoms with van der Waals surface area (Å²) in [6, 6.07) is 13.5. The molecule has 1 heterocycles. The van der Waals surface area contributed by atoms with Crippen LogP contribution in [0.25, 0.3) is 0 Å². The lowest BCUT2D eigenvalue weighted by molar-refractivity contribution is 0.208. The van der Waals surface area contributed by atoms with Crippen molar-refractivity contribution in [3.05, 3.63) is 53.1 Å². The van der Waals surface area contributed by atoms with Gasteiger partial charge in [0.15, 0.2) is 0 Å². The van der Waals surface area contributed by atoms with Gasteiger partial charge in [-0.3, -0.25) is 0 Å². The molecule has 6 heteroatoms. The number of carbonyl (C=O) groups is 1. The topological polar surface area (TPSA) is 44.8 Å². The molecule has 0 aliphatic carbocycles. The number of carbonyl (C=O) groups excluding carboxylic acids is 1. The number of halogens is 1. The lowest BCUT2D eigenvalue weighted by atomic mass is 10.2. The van der Waals surface area contributed by atoms with Gasteiger partial charge in [0, 0.05) is 37.6 Å². The van der Waals surface area contributed by atoms with Crippen LogP contribution in [0.2, 0.25) is 5.02 Å². The van der Waals surface area contributed by atoms with Crippen LogP contribution < -0.4 is 15.0 Å². The fraction of sp³-hybridized carbons (Fsp3) is 0.316. The van der Waals surface area contributed by atoms with Crippen molar-refractivity contribution >= 4 is 29.0 Å². The van der Waals surface area contributed by atoms with Crippen LogP contribution in [0.3, 0.4) is 0 Å². The minimum atomic E-state index is -0.0590. The van der Waals surface area contributed by atoms with Crippen molar-refractivity contribution < 1.29 is 9.53 Å². The van der Waals surface area contributed by atoms with Gasteiger partial charge in [-0.2, -0.15) is 0 Å². The maximum absolute atomic E-state index is 12.4. The highest BCUT2D eigenvalue weighted by Gasteiger charge is 2.21. The predicted molar refractivity (Wildman–Crippen MR) is 102 cm³/mol. The largest absolute Gasteiger partial charge is 0.495 e. The fourth-order valence-electron chi connectivity index (χ4n) is 2.86. The molecule has 5 nitrogen and oxygen atoms in total. The third-order valence-corrected chi connectivity index (χ3v) is 4.67. The Balaban J connectivity index is 1.57. The molecule has 0 unspecified atom stereocenters. The van der Waals surface area contributed by atoms with Crippen molar-refractivity contribution in [3.63, 3.8) is 0 Å². The van der Waals surface area contributed by atoms with Crippen LogP contribution in [0, 0.1) is 6.92 Å². The molecule has 1 N–H and O–H groups in total. The monoisotopic (exact) mass is 359 g/mol. The van der Waals surface area contributed by atoms with E-state index in [0.29, 0.717) is 23.9 Å². The van der Waals surface area contributed by atoms with Crippen molar-refractivity contribution in [1.29, 1.82) is 0 Å². The summed E-state index contributed by atoms with van der Waals surface area (Å²) in [5, 5.41) is 3.55. The Morgan fingerprint density at radius 2 is 1.76 bits per heavy atom. The number of piperazine rings is 1. The van der Waals surface area contributed by atoms with Crippen LogP contribution in [0.15, 0.2) is 42.5 Å². The summed E-state index contributed by atoms with van der Waals surface area (Å²) in [6.07, 6.45) is 0. The molecule has 0 atom stereocenters. The molecule has 0 radical (unpaired) electrons. The van der Waals surface area contributed by atoms with E-state index in [1.54, 1.807) is 7.11 Å². The third-order valence-electron chi connectivity index (χ3n) is 4.37. The number of hydrogen-bond donors (Lipinski definition) is 1. The van der Waals surface area contributed by atoms with Gasteiger partial charge in [0.25, 0.3) is 0 Å². The van der Waals surface area contributed by atoms with Gasteiger partial charge in [-0.05, 0) is 37.3 Å².